The number of hydrogen-bond acceptors (Lipinski definition) is 2. The second-order valence-corrected chi connectivity index (χ2v) is 5.46. The summed E-state index contributed by atoms with van der Waals surface area (Å²) >= 11 is 0. The van der Waals surface area contributed by atoms with E-state index in [2.05, 4.69) is 6.92 Å². The molecule has 2 atom stereocenters. The highest BCUT2D eigenvalue weighted by molar-refractivity contribution is 5.87. The summed E-state index contributed by atoms with van der Waals surface area (Å²) in [5, 5.41) is 0. The second-order valence-electron chi connectivity index (χ2n) is 5.46. The fraction of sp³-hybridized carbons (Fsp3) is 0.857. The molecule has 0 N–H and O–H groups in total. The van der Waals surface area contributed by atoms with Crippen LogP contribution in [0.15, 0.2) is 0 Å². The van der Waals surface area contributed by atoms with E-state index in [4.69, 9.17) is 0 Å². The molecule has 0 aromatic heterocycles. The van der Waals surface area contributed by atoms with E-state index in [1.807, 2.05) is 4.90 Å². The fourth-order valence-electron chi connectivity index (χ4n) is 3.31. The fourth-order valence-corrected chi connectivity index (χ4v) is 3.31. The van der Waals surface area contributed by atoms with Gasteiger partial charge in [0.25, 0.3) is 0 Å². The van der Waals surface area contributed by atoms with Crippen molar-refractivity contribution in [3.63, 3.8) is 0 Å². The van der Waals surface area contributed by atoms with Crippen LogP contribution in [0.5, 0.6) is 0 Å². The van der Waals surface area contributed by atoms with Crippen molar-refractivity contribution in [1.82, 2.24) is 9.80 Å². The Morgan fingerprint density at radius 3 is 2.44 bits per heavy atom. The minimum Gasteiger partial charge on any atom is -0.338 e. The Balaban J connectivity index is 2.07. The lowest BCUT2D eigenvalue weighted by atomic mass is 9.98. The average Bonchev–Trinajstić information content (AvgIpc) is 2.87. The van der Waals surface area contributed by atoms with Crippen LogP contribution in [0.4, 0.5) is 0 Å². The van der Waals surface area contributed by atoms with Crippen LogP contribution in [0.1, 0.15) is 52.4 Å². The molecule has 4 nitrogen and oxygen atoms in total. The topological polar surface area (TPSA) is 40.6 Å². The van der Waals surface area contributed by atoms with Gasteiger partial charge < -0.3 is 9.80 Å². The first-order valence-corrected chi connectivity index (χ1v) is 7.22. The first-order chi connectivity index (χ1) is 8.65. The zero-order valence-corrected chi connectivity index (χ0v) is 11.5. The molecule has 0 aliphatic carbocycles. The summed E-state index contributed by atoms with van der Waals surface area (Å²) in [6.45, 7) is 5.34. The molecular weight excluding hydrogens is 228 g/mol. The maximum Gasteiger partial charge on any atom is 0.245 e. The summed E-state index contributed by atoms with van der Waals surface area (Å²) in [6.07, 6.45) is 6.28. The van der Waals surface area contributed by atoms with Crippen molar-refractivity contribution in [2.24, 2.45) is 0 Å². The van der Waals surface area contributed by atoms with Gasteiger partial charge in [0.1, 0.15) is 6.04 Å². The van der Waals surface area contributed by atoms with Gasteiger partial charge in [-0.1, -0.05) is 6.92 Å². The molecule has 0 spiro atoms. The maximum absolute atomic E-state index is 12.6. The highest BCUT2D eigenvalue weighted by atomic mass is 16.2. The van der Waals surface area contributed by atoms with Gasteiger partial charge in [-0.2, -0.15) is 0 Å². The lowest BCUT2D eigenvalue weighted by molar-refractivity contribution is -0.145. The van der Waals surface area contributed by atoms with E-state index in [1.165, 1.54) is 6.42 Å². The normalized spacial score (nSPS) is 28.6. The third-order valence-electron chi connectivity index (χ3n) is 4.32. The Hall–Kier alpha value is -1.06. The van der Waals surface area contributed by atoms with E-state index in [-0.39, 0.29) is 17.9 Å². The van der Waals surface area contributed by atoms with Crippen molar-refractivity contribution in [3.8, 4) is 0 Å². The van der Waals surface area contributed by atoms with E-state index in [0.717, 1.165) is 45.2 Å². The summed E-state index contributed by atoms with van der Waals surface area (Å²) in [6, 6.07) is 0.204. The summed E-state index contributed by atoms with van der Waals surface area (Å²) in [5.74, 6) is 0.227. The van der Waals surface area contributed by atoms with Crippen LogP contribution in [0.25, 0.3) is 0 Å². The molecule has 2 fully saturated rings. The number of nitrogens with zero attached hydrogens (tertiary/aromatic N) is 2. The lowest BCUT2D eigenvalue weighted by Crippen LogP contribution is -2.52. The van der Waals surface area contributed by atoms with Crippen molar-refractivity contribution >= 4 is 11.8 Å². The molecule has 0 aromatic rings. The van der Waals surface area contributed by atoms with Crippen LogP contribution in [0, 0.1) is 0 Å². The lowest BCUT2D eigenvalue weighted by Gasteiger charge is -2.38. The minimum atomic E-state index is -0.186. The molecular formula is C14H24N2O2. The van der Waals surface area contributed by atoms with Crippen molar-refractivity contribution in [2.45, 2.75) is 64.5 Å². The molecule has 18 heavy (non-hydrogen) atoms. The molecule has 0 bridgehead atoms. The largest absolute Gasteiger partial charge is 0.338 e. The summed E-state index contributed by atoms with van der Waals surface area (Å²) in [7, 11) is 0. The van der Waals surface area contributed by atoms with Crippen LogP contribution in [0.2, 0.25) is 0 Å². The van der Waals surface area contributed by atoms with Gasteiger partial charge in [0.05, 0.1) is 0 Å². The maximum atomic E-state index is 12.6. The number of carbonyl (C=O) groups excluding carboxylic acids is 2. The van der Waals surface area contributed by atoms with Crippen LogP contribution >= 0.6 is 0 Å². The quantitative estimate of drug-likeness (QED) is 0.751. The van der Waals surface area contributed by atoms with Gasteiger partial charge in [-0.25, -0.2) is 0 Å². The number of likely N-dealkylation sites (tertiary alicyclic amines) is 2. The van der Waals surface area contributed by atoms with Gasteiger partial charge in [-0.3, -0.25) is 9.59 Å². The van der Waals surface area contributed by atoms with Gasteiger partial charge in [-0.05, 0) is 38.5 Å². The predicted molar refractivity (Wildman–Crippen MR) is 70.1 cm³/mol. The molecule has 2 aliphatic rings. The van der Waals surface area contributed by atoms with Crippen LogP contribution in [-0.4, -0.2) is 46.8 Å². The summed E-state index contributed by atoms with van der Waals surface area (Å²) in [4.78, 5) is 28.0. The van der Waals surface area contributed by atoms with E-state index < -0.39 is 0 Å². The zero-order valence-electron chi connectivity index (χ0n) is 11.5. The van der Waals surface area contributed by atoms with E-state index in [0.29, 0.717) is 6.04 Å². The summed E-state index contributed by atoms with van der Waals surface area (Å²) in [5.41, 5.74) is 0. The Labute approximate surface area is 109 Å². The molecule has 0 radical (unpaired) electrons. The molecule has 102 valence electrons. The van der Waals surface area contributed by atoms with Gasteiger partial charge >= 0.3 is 0 Å². The first kappa shape index (κ1) is 13.4. The molecule has 2 saturated heterocycles. The number of piperidine rings is 1. The third-order valence-corrected chi connectivity index (χ3v) is 4.32. The molecule has 2 rings (SSSR count). The Morgan fingerprint density at radius 2 is 1.78 bits per heavy atom. The molecule has 2 heterocycles. The highest BCUT2D eigenvalue weighted by Crippen LogP contribution is 2.25. The monoisotopic (exact) mass is 252 g/mol. The Bertz CT molecular complexity index is 330. The van der Waals surface area contributed by atoms with Gasteiger partial charge in [-0.15, -0.1) is 0 Å². The number of hydrogen-bond donors (Lipinski definition) is 0. The van der Waals surface area contributed by atoms with Crippen LogP contribution in [-0.2, 0) is 9.59 Å². The van der Waals surface area contributed by atoms with Gasteiger partial charge in [0.2, 0.25) is 11.8 Å². The van der Waals surface area contributed by atoms with Gasteiger partial charge in [0, 0.05) is 26.1 Å². The van der Waals surface area contributed by atoms with Crippen LogP contribution in [0.3, 0.4) is 0 Å². The number of carbonyl (C=O) groups is 2. The molecule has 0 unspecified atom stereocenters. The van der Waals surface area contributed by atoms with Crippen molar-refractivity contribution in [3.05, 3.63) is 0 Å². The predicted octanol–water partition coefficient (Wildman–Crippen LogP) is 1.79. The first-order valence-electron chi connectivity index (χ1n) is 7.22. The van der Waals surface area contributed by atoms with Crippen LogP contribution < -0.4 is 0 Å². The standard InChI is InChI=1S/C14H24N2O2/c1-3-12-7-4-5-9-16(12)14(18)13-8-6-10-15(13)11(2)17/h12-13H,3-10H2,1-2H3/t12-,13-/m1/s1. The number of rotatable bonds is 2. The molecule has 2 amide bonds. The SMILES string of the molecule is CC[C@@H]1CCCCN1C(=O)[C@H]1CCCN1C(C)=O. The minimum absolute atomic E-state index is 0.0379. The molecule has 2 aliphatic heterocycles. The molecule has 4 heteroatoms. The smallest absolute Gasteiger partial charge is 0.245 e. The van der Waals surface area contributed by atoms with Crippen molar-refractivity contribution < 1.29 is 9.59 Å². The zero-order chi connectivity index (χ0) is 13.1. The second kappa shape index (κ2) is 5.72. The molecule has 0 aromatic carbocycles. The van der Waals surface area contributed by atoms with E-state index in [9.17, 15) is 9.59 Å². The summed E-state index contributed by atoms with van der Waals surface area (Å²) < 4.78 is 0. The van der Waals surface area contributed by atoms with Crippen molar-refractivity contribution in [1.29, 1.82) is 0 Å². The Kier molecular flexibility index (Phi) is 4.25. The van der Waals surface area contributed by atoms with Crippen molar-refractivity contribution in [2.75, 3.05) is 13.1 Å². The Morgan fingerprint density at radius 1 is 1.06 bits per heavy atom. The van der Waals surface area contributed by atoms with E-state index >= 15 is 0 Å². The van der Waals surface area contributed by atoms with Gasteiger partial charge in [0.15, 0.2) is 0 Å². The molecule has 0 saturated carbocycles. The average molecular weight is 252 g/mol. The highest BCUT2D eigenvalue weighted by Gasteiger charge is 2.37. The van der Waals surface area contributed by atoms with E-state index in [1.54, 1.807) is 11.8 Å². The third kappa shape index (κ3) is 2.52. The number of amides is 2.